The Kier molecular flexibility index (Phi) is 4.64. The van der Waals surface area contributed by atoms with Crippen LogP contribution in [-0.4, -0.2) is 52.3 Å². The third-order valence-electron chi connectivity index (χ3n) is 4.45. The van der Waals surface area contributed by atoms with E-state index < -0.39 is 10.5 Å². The minimum Gasteiger partial charge on any atom is -0.481 e. The van der Waals surface area contributed by atoms with Crippen LogP contribution in [0.3, 0.4) is 0 Å². The number of aromatic nitrogens is 1. The van der Waals surface area contributed by atoms with E-state index in [9.17, 15) is 14.9 Å². The second-order valence-corrected chi connectivity index (χ2v) is 7.59. The highest BCUT2D eigenvalue weighted by atomic mass is 16.6. The van der Waals surface area contributed by atoms with E-state index in [1.165, 1.54) is 19.2 Å². The van der Waals surface area contributed by atoms with Crippen molar-refractivity contribution in [1.82, 2.24) is 9.88 Å². The number of likely N-dealkylation sites (tertiary alicyclic amines) is 1. The molecule has 1 saturated carbocycles. The minimum atomic E-state index is -0.581. The van der Waals surface area contributed by atoms with Gasteiger partial charge in [-0.1, -0.05) is 0 Å². The number of hydrogen-bond donors (Lipinski definition) is 0. The molecule has 1 aromatic rings. The highest BCUT2D eigenvalue weighted by molar-refractivity contribution is 5.70. The van der Waals surface area contributed by atoms with Crippen molar-refractivity contribution in [3.8, 4) is 11.8 Å². The maximum atomic E-state index is 12.5. The van der Waals surface area contributed by atoms with Crippen molar-refractivity contribution >= 4 is 11.8 Å². The molecule has 2 aliphatic rings. The first kappa shape index (κ1) is 18.2. The monoisotopic (exact) mass is 365 g/mol. The normalized spacial score (nSPS) is 24.0. The molecule has 1 aliphatic carbocycles. The number of hydrogen-bond acceptors (Lipinski definition) is 7. The summed E-state index contributed by atoms with van der Waals surface area (Å²) in [6.07, 6.45) is 1.39. The molecule has 1 aromatic heterocycles. The van der Waals surface area contributed by atoms with E-state index in [0.717, 1.165) is 12.8 Å². The highest BCUT2D eigenvalue weighted by Gasteiger charge is 2.55. The van der Waals surface area contributed by atoms with E-state index >= 15 is 0 Å². The lowest BCUT2D eigenvalue weighted by atomic mass is 10.2. The Morgan fingerprint density at radius 3 is 2.73 bits per heavy atom. The van der Waals surface area contributed by atoms with Crippen LogP contribution in [-0.2, 0) is 4.74 Å². The Morgan fingerprint density at radius 2 is 2.12 bits per heavy atom. The molecule has 0 spiro atoms. The third kappa shape index (κ3) is 3.81. The van der Waals surface area contributed by atoms with Crippen LogP contribution in [0.1, 0.15) is 33.6 Å². The molecular formula is C17H23N3O6. The third-order valence-corrected chi connectivity index (χ3v) is 4.45. The first-order valence-electron chi connectivity index (χ1n) is 8.53. The van der Waals surface area contributed by atoms with E-state index in [1.54, 1.807) is 4.90 Å². The van der Waals surface area contributed by atoms with Gasteiger partial charge in [-0.05, 0) is 39.5 Å². The number of rotatable bonds is 5. The Labute approximate surface area is 151 Å². The van der Waals surface area contributed by atoms with Crippen LogP contribution < -0.4 is 9.47 Å². The summed E-state index contributed by atoms with van der Waals surface area (Å²) in [6.45, 7) is 5.58. The lowest BCUT2D eigenvalue weighted by molar-refractivity contribution is -0.386. The Balaban J connectivity index is 1.71. The molecule has 9 nitrogen and oxygen atoms in total. The number of pyridine rings is 1. The van der Waals surface area contributed by atoms with Crippen LogP contribution in [0.4, 0.5) is 10.5 Å². The molecule has 3 atom stereocenters. The lowest BCUT2D eigenvalue weighted by Crippen LogP contribution is -2.44. The summed E-state index contributed by atoms with van der Waals surface area (Å²) in [4.78, 5) is 28.8. The first-order valence-corrected chi connectivity index (χ1v) is 8.53. The van der Waals surface area contributed by atoms with Crippen molar-refractivity contribution in [2.75, 3.05) is 13.7 Å². The Hall–Kier alpha value is -2.58. The number of carbonyl (C=O) groups is 1. The summed E-state index contributed by atoms with van der Waals surface area (Å²) >= 11 is 0. The van der Waals surface area contributed by atoms with Crippen molar-refractivity contribution < 1.29 is 23.9 Å². The van der Waals surface area contributed by atoms with Crippen molar-refractivity contribution in [3.63, 3.8) is 0 Å². The summed E-state index contributed by atoms with van der Waals surface area (Å²) < 4.78 is 16.1. The van der Waals surface area contributed by atoms with Gasteiger partial charge in [0.25, 0.3) is 5.88 Å². The second kappa shape index (κ2) is 6.62. The molecule has 142 valence electrons. The van der Waals surface area contributed by atoms with Crippen LogP contribution in [0.25, 0.3) is 0 Å². The number of nitrogens with zero attached hydrogens (tertiary/aromatic N) is 3. The average Bonchev–Trinajstić information content (AvgIpc) is 3.20. The number of methoxy groups -OCH3 is 1. The van der Waals surface area contributed by atoms with Crippen molar-refractivity contribution in [1.29, 1.82) is 0 Å². The van der Waals surface area contributed by atoms with E-state index in [4.69, 9.17) is 14.2 Å². The first-order chi connectivity index (χ1) is 12.2. The SMILES string of the molecule is COc1ccc([N+](=O)[O-])c(OC[C@H]2C[C@@H]3C[C@@H]3N2C(=O)OC(C)(C)C)n1. The summed E-state index contributed by atoms with van der Waals surface area (Å²) in [6, 6.07) is 2.68. The number of nitro groups is 1. The molecule has 1 saturated heterocycles. The van der Waals surface area contributed by atoms with Crippen LogP contribution in [0.5, 0.6) is 11.8 Å². The molecule has 0 bridgehead atoms. The van der Waals surface area contributed by atoms with Gasteiger partial charge in [-0.2, -0.15) is 4.98 Å². The van der Waals surface area contributed by atoms with Crippen LogP contribution >= 0.6 is 0 Å². The van der Waals surface area contributed by atoms with E-state index in [0.29, 0.717) is 5.92 Å². The zero-order chi connectivity index (χ0) is 19.1. The maximum Gasteiger partial charge on any atom is 0.410 e. The number of ether oxygens (including phenoxy) is 3. The van der Waals surface area contributed by atoms with Gasteiger partial charge in [-0.25, -0.2) is 4.79 Å². The Bertz CT molecular complexity index is 717. The molecule has 2 fully saturated rings. The number of carbonyl (C=O) groups excluding carboxylic acids is 1. The fourth-order valence-electron chi connectivity index (χ4n) is 3.26. The molecule has 2 heterocycles. The summed E-state index contributed by atoms with van der Waals surface area (Å²) in [5.74, 6) is 0.562. The predicted octanol–water partition coefficient (Wildman–Crippen LogP) is 2.78. The Morgan fingerprint density at radius 1 is 1.38 bits per heavy atom. The van der Waals surface area contributed by atoms with E-state index in [2.05, 4.69) is 4.98 Å². The topological polar surface area (TPSA) is 104 Å². The van der Waals surface area contributed by atoms with Gasteiger partial charge in [0.1, 0.15) is 12.2 Å². The smallest absolute Gasteiger partial charge is 0.410 e. The quantitative estimate of drug-likeness (QED) is 0.583. The molecule has 0 unspecified atom stereocenters. The molecule has 1 amide bonds. The fourth-order valence-corrected chi connectivity index (χ4v) is 3.26. The number of amides is 1. The van der Waals surface area contributed by atoms with Crippen LogP contribution in [0.15, 0.2) is 12.1 Å². The predicted molar refractivity (Wildman–Crippen MR) is 91.3 cm³/mol. The molecular weight excluding hydrogens is 342 g/mol. The maximum absolute atomic E-state index is 12.5. The second-order valence-electron chi connectivity index (χ2n) is 7.59. The van der Waals surface area contributed by atoms with Gasteiger partial charge in [0.05, 0.1) is 18.1 Å². The standard InChI is InChI=1S/C17H23N3O6/c1-17(2,3)26-16(21)19-11(7-10-8-13(10)19)9-25-15-12(20(22)23)5-6-14(18-15)24-4/h5-6,10-11,13H,7-9H2,1-4H3/t10-,11-,13+/m1/s1. The molecule has 3 rings (SSSR count). The van der Waals surface area contributed by atoms with Gasteiger partial charge in [0.2, 0.25) is 5.88 Å². The van der Waals surface area contributed by atoms with E-state index in [-0.39, 0.29) is 42.2 Å². The van der Waals surface area contributed by atoms with Crippen molar-refractivity contribution in [2.24, 2.45) is 5.92 Å². The van der Waals surface area contributed by atoms with E-state index in [1.807, 2.05) is 20.8 Å². The zero-order valence-corrected chi connectivity index (χ0v) is 15.3. The highest BCUT2D eigenvalue weighted by Crippen LogP contribution is 2.48. The number of fused-ring (bicyclic) bond motifs is 1. The lowest BCUT2D eigenvalue weighted by Gasteiger charge is -2.30. The molecule has 9 heteroatoms. The van der Waals surface area contributed by atoms with Gasteiger partial charge in [-0.15, -0.1) is 0 Å². The fraction of sp³-hybridized carbons (Fsp3) is 0.647. The summed E-state index contributed by atoms with van der Waals surface area (Å²) in [5.41, 5.74) is -0.819. The van der Waals surface area contributed by atoms with Crippen molar-refractivity contribution in [3.05, 3.63) is 22.2 Å². The molecule has 0 N–H and O–H groups in total. The average molecular weight is 365 g/mol. The molecule has 0 aromatic carbocycles. The molecule has 1 aliphatic heterocycles. The van der Waals surface area contributed by atoms with Gasteiger partial charge in [-0.3, -0.25) is 15.0 Å². The summed E-state index contributed by atoms with van der Waals surface area (Å²) in [7, 11) is 1.42. The van der Waals surface area contributed by atoms with Crippen LogP contribution in [0, 0.1) is 16.0 Å². The zero-order valence-electron chi connectivity index (χ0n) is 15.3. The molecule has 0 radical (unpaired) electrons. The van der Waals surface area contributed by atoms with Gasteiger partial charge >= 0.3 is 11.8 Å². The van der Waals surface area contributed by atoms with Crippen LogP contribution in [0.2, 0.25) is 0 Å². The van der Waals surface area contributed by atoms with Gasteiger partial charge < -0.3 is 14.2 Å². The van der Waals surface area contributed by atoms with Gasteiger partial charge in [0, 0.05) is 18.2 Å². The largest absolute Gasteiger partial charge is 0.481 e. The number of piperidine rings is 1. The summed E-state index contributed by atoms with van der Waals surface area (Å²) in [5, 5.41) is 11.2. The van der Waals surface area contributed by atoms with Gasteiger partial charge in [0.15, 0.2) is 0 Å². The molecule has 26 heavy (non-hydrogen) atoms. The van der Waals surface area contributed by atoms with Crippen molar-refractivity contribution in [2.45, 2.75) is 51.3 Å². The minimum absolute atomic E-state index is 0.112.